The van der Waals surface area contributed by atoms with Crippen LogP contribution in [0.2, 0.25) is 5.02 Å². The number of benzene rings is 2. The van der Waals surface area contributed by atoms with Gasteiger partial charge in [0.05, 0.1) is 37.5 Å². The first-order chi connectivity index (χ1) is 28.2. The van der Waals surface area contributed by atoms with E-state index in [2.05, 4.69) is 50.3 Å². The van der Waals surface area contributed by atoms with Gasteiger partial charge < -0.3 is 40.2 Å². The van der Waals surface area contributed by atoms with Gasteiger partial charge in [0.1, 0.15) is 5.52 Å². The third-order valence-corrected chi connectivity index (χ3v) is 12.1. The molecule has 2 saturated heterocycles. The zero-order valence-electron chi connectivity index (χ0n) is 33.9. The fourth-order valence-corrected chi connectivity index (χ4v) is 9.19. The van der Waals surface area contributed by atoms with Gasteiger partial charge in [-0.25, -0.2) is 0 Å². The Morgan fingerprint density at radius 3 is 2.38 bits per heavy atom. The van der Waals surface area contributed by atoms with Crippen molar-refractivity contribution in [2.45, 2.75) is 89.0 Å². The number of carbonyl (C=O) groups excluding carboxylic acids is 3. The molecule has 58 heavy (non-hydrogen) atoms. The lowest BCUT2D eigenvalue weighted by Gasteiger charge is -2.25. The van der Waals surface area contributed by atoms with Gasteiger partial charge in [0, 0.05) is 84.9 Å². The molecule has 0 saturated carbocycles. The molecule has 5 rings (SSSR count). The number of carbonyl (C=O) groups is 3. The van der Waals surface area contributed by atoms with Crippen LogP contribution in [0.15, 0.2) is 48.7 Å². The number of fused-ring (bicyclic) bond motifs is 2. The molecule has 16 heteroatoms. The topological polar surface area (TPSA) is 175 Å². The molecule has 6 N–H and O–H groups in total. The number of halogens is 1. The summed E-state index contributed by atoms with van der Waals surface area (Å²) in [5.74, 6) is 0.926. The highest BCUT2D eigenvalue weighted by atomic mass is 35.5. The molecule has 3 heterocycles. The second kappa shape index (κ2) is 23.8. The maximum absolute atomic E-state index is 13.1. The Bertz CT molecular complexity index is 1770. The van der Waals surface area contributed by atoms with Crippen LogP contribution in [-0.4, -0.2) is 116 Å². The Morgan fingerprint density at radius 1 is 0.948 bits per heavy atom. The molecular weight excluding hydrogens is 782 g/mol. The number of unbranched alkanes of at least 4 members (excludes halogenated alkanes) is 1. The van der Waals surface area contributed by atoms with Gasteiger partial charge in [-0.2, -0.15) is 11.8 Å². The smallest absolute Gasteiger partial charge is 0.258 e. The molecular formula is C42H60ClN7O7S. The molecule has 0 aliphatic carbocycles. The van der Waals surface area contributed by atoms with Crippen LogP contribution < -0.4 is 36.2 Å². The zero-order chi connectivity index (χ0) is 41.3. The van der Waals surface area contributed by atoms with Crippen LogP contribution in [0.3, 0.4) is 0 Å². The van der Waals surface area contributed by atoms with E-state index in [1.807, 2.05) is 49.0 Å². The summed E-state index contributed by atoms with van der Waals surface area (Å²) in [7, 11) is 0. The summed E-state index contributed by atoms with van der Waals surface area (Å²) in [4.78, 5) is 45.1. The standard InChI is InChI=1S/C42H60ClN7O7S/c1-4-10-36(52)48-38(28-14-16-29(17-15-28)50(5-2)6-3)31-25-32(43)30-11-9-18-46-39(30)41(31)57-26-37(53)45-20-22-56-24-23-55-21-19-44-35(51)13-8-7-12-34-40-33(27-58-34)47-42(54)49-40/h9,11,14-18,25,33-34,38,40,42,47,49,54H,4-8,10,12-13,19-24,26-27H2,1-3H3,(H,44,51)(H,45,53)(H,48,52). The number of anilines is 1. The van der Waals surface area contributed by atoms with E-state index in [1.165, 1.54) is 0 Å². The maximum atomic E-state index is 13.1. The minimum absolute atomic E-state index is 0.0172. The molecule has 2 aliphatic rings. The molecule has 0 bridgehead atoms. The molecule has 5 unspecified atom stereocenters. The summed E-state index contributed by atoms with van der Waals surface area (Å²) in [6.45, 7) is 9.70. The Kier molecular flexibility index (Phi) is 18.6. The molecule has 0 radical (unpaired) electrons. The maximum Gasteiger partial charge on any atom is 0.258 e. The first kappa shape index (κ1) is 45.4. The fraction of sp³-hybridized carbons (Fsp3) is 0.571. The molecule has 2 aliphatic heterocycles. The highest BCUT2D eigenvalue weighted by molar-refractivity contribution is 8.00. The number of hydrogen-bond acceptors (Lipinski definition) is 12. The summed E-state index contributed by atoms with van der Waals surface area (Å²) in [6, 6.07) is 13.5. The molecule has 1 aromatic heterocycles. The van der Waals surface area contributed by atoms with E-state index < -0.39 is 12.4 Å². The van der Waals surface area contributed by atoms with Crippen LogP contribution in [0, 0.1) is 0 Å². The number of ether oxygens (including phenoxy) is 3. The first-order valence-corrected chi connectivity index (χ1v) is 22.0. The van der Waals surface area contributed by atoms with E-state index >= 15 is 0 Å². The van der Waals surface area contributed by atoms with Gasteiger partial charge in [-0.15, -0.1) is 0 Å². The predicted molar refractivity (Wildman–Crippen MR) is 229 cm³/mol. The van der Waals surface area contributed by atoms with Crippen LogP contribution in [0.5, 0.6) is 5.75 Å². The van der Waals surface area contributed by atoms with Gasteiger partial charge in [0.15, 0.2) is 18.7 Å². The van der Waals surface area contributed by atoms with Crippen molar-refractivity contribution in [2.24, 2.45) is 0 Å². The van der Waals surface area contributed by atoms with Gasteiger partial charge in [0.2, 0.25) is 11.8 Å². The van der Waals surface area contributed by atoms with Crippen molar-refractivity contribution in [3.05, 3.63) is 64.8 Å². The van der Waals surface area contributed by atoms with Crippen molar-refractivity contribution in [1.82, 2.24) is 31.6 Å². The molecule has 318 valence electrons. The lowest BCUT2D eigenvalue weighted by atomic mass is 9.95. The van der Waals surface area contributed by atoms with E-state index in [4.69, 9.17) is 25.8 Å². The third kappa shape index (κ3) is 13.2. The normalized spacial score (nSPS) is 19.1. The van der Waals surface area contributed by atoms with Gasteiger partial charge in [0.25, 0.3) is 5.91 Å². The van der Waals surface area contributed by atoms with Gasteiger partial charge in [-0.1, -0.05) is 37.1 Å². The lowest BCUT2D eigenvalue weighted by molar-refractivity contribution is -0.123. The van der Waals surface area contributed by atoms with Gasteiger partial charge in [-0.3, -0.25) is 30.0 Å². The van der Waals surface area contributed by atoms with Gasteiger partial charge in [-0.05, 0) is 69.0 Å². The Balaban J connectivity index is 1.03. The van der Waals surface area contributed by atoms with E-state index in [9.17, 15) is 19.5 Å². The van der Waals surface area contributed by atoms with Crippen LogP contribution >= 0.6 is 23.4 Å². The third-order valence-electron chi connectivity index (χ3n) is 10.3. The second-order valence-electron chi connectivity index (χ2n) is 14.4. The molecule has 2 aromatic carbocycles. The molecule has 3 aromatic rings. The highest BCUT2D eigenvalue weighted by Crippen LogP contribution is 2.40. The number of pyridine rings is 1. The molecule has 5 atom stereocenters. The van der Waals surface area contributed by atoms with E-state index in [1.54, 1.807) is 18.3 Å². The average Bonchev–Trinajstić information content (AvgIpc) is 3.78. The summed E-state index contributed by atoms with van der Waals surface area (Å²) in [5, 5.41) is 26.6. The van der Waals surface area contributed by atoms with Crippen molar-refractivity contribution in [2.75, 3.05) is 69.9 Å². The Morgan fingerprint density at radius 2 is 1.67 bits per heavy atom. The number of amides is 3. The number of rotatable bonds is 25. The number of nitrogens with zero attached hydrogens (tertiary/aromatic N) is 2. The van der Waals surface area contributed by atoms with Crippen LogP contribution in [-0.2, 0) is 23.9 Å². The fourth-order valence-electron chi connectivity index (χ4n) is 7.35. The number of thioether (sulfide) groups is 1. The van der Waals surface area contributed by atoms with Crippen molar-refractivity contribution in [3.8, 4) is 5.75 Å². The van der Waals surface area contributed by atoms with Gasteiger partial charge >= 0.3 is 0 Å². The number of aliphatic hydroxyl groups is 1. The first-order valence-electron chi connectivity index (χ1n) is 20.6. The zero-order valence-corrected chi connectivity index (χ0v) is 35.5. The van der Waals surface area contributed by atoms with Crippen LogP contribution in [0.1, 0.15) is 76.5 Å². The number of aromatic nitrogens is 1. The average molecular weight is 843 g/mol. The Labute approximate surface area is 351 Å². The second-order valence-corrected chi connectivity index (χ2v) is 16.1. The summed E-state index contributed by atoms with van der Waals surface area (Å²) in [5.41, 5.74) is 3.01. The van der Waals surface area contributed by atoms with Crippen molar-refractivity contribution < 1.29 is 33.7 Å². The minimum Gasteiger partial charge on any atom is -0.481 e. The predicted octanol–water partition coefficient (Wildman–Crippen LogP) is 4.27. The lowest BCUT2D eigenvalue weighted by Crippen LogP contribution is -2.38. The summed E-state index contributed by atoms with van der Waals surface area (Å²) >= 11 is 8.73. The van der Waals surface area contributed by atoms with E-state index in [-0.39, 0.29) is 37.5 Å². The van der Waals surface area contributed by atoms with Crippen molar-refractivity contribution >= 4 is 57.7 Å². The molecule has 3 amide bonds. The van der Waals surface area contributed by atoms with Crippen molar-refractivity contribution in [1.29, 1.82) is 0 Å². The number of nitrogens with one attached hydrogen (secondary N) is 5. The summed E-state index contributed by atoms with van der Waals surface area (Å²) < 4.78 is 17.4. The highest BCUT2D eigenvalue weighted by Gasteiger charge is 2.42. The Hall–Kier alpha value is -3.70. The minimum atomic E-state index is -0.616. The largest absolute Gasteiger partial charge is 0.481 e. The molecule has 0 spiro atoms. The monoisotopic (exact) mass is 841 g/mol. The van der Waals surface area contributed by atoms with E-state index in [0.29, 0.717) is 90.2 Å². The van der Waals surface area contributed by atoms with E-state index in [0.717, 1.165) is 49.4 Å². The SMILES string of the molecule is CCCC(=O)NC(c1ccc(N(CC)CC)cc1)c1cc(Cl)c2cccnc2c1OCC(=O)NCCOCCOCCNC(=O)CCCCC1SCC2NC(O)NC21. The van der Waals surface area contributed by atoms with Crippen LogP contribution in [0.25, 0.3) is 10.9 Å². The summed E-state index contributed by atoms with van der Waals surface area (Å²) in [6.07, 6.45) is 5.37. The number of hydrogen-bond donors (Lipinski definition) is 6. The quantitative estimate of drug-likeness (QED) is 0.0670. The van der Waals surface area contributed by atoms with Crippen LogP contribution in [0.4, 0.5) is 5.69 Å². The van der Waals surface area contributed by atoms with Crippen molar-refractivity contribution in [3.63, 3.8) is 0 Å². The molecule has 2 fully saturated rings. The molecule has 14 nitrogen and oxygen atoms in total. The number of aliphatic hydroxyl groups excluding tert-OH is 1.